The van der Waals surface area contributed by atoms with E-state index in [1.54, 1.807) is 38.4 Å². The van der Waals surface area contributed by atoms with Crippen LogP contribution in [0.4, 0.5) is 4.79 Å². The van der Waals surface area contributed by atoms with Crippen LogP contribution >= 0.6 is 0 Å². The average molecular weight is 479 g/mol. The fourth-order valence-corrected chi connectivity index (χ4v) is 4.12. The second-order valence-corrected chi connectivity index (χ2v) is 8.65. The summed E-state index contributed by atoms with van der Waals surface area (Å²) in [6, 6.07) is 12.3. The number of ether oxygens (including phenoxy) is 3. The van der Waals surface area contributed by atoms with Gasteiger partial charge in [0, 0.05) is 17.8 Å². The highest BCUT2D eigenvalue weighted by molar-refractivity contribution is 5.87. The number of nitrogens with one attached hydrogen (secondary N) is 1. The van der Waals surface area contributed by atoms with Gasteiger partial charge in [0.2, 0.25) is 5.82 Å². The van der Waals surface area contributed by atoms with Crippen molar-refractivity contribution in [1.82, 2.24) is 20.4 Å². The molecule has 0 spiro atoms. The molecular formula is C26H30N4O5. The maximum Gasteiger partial charge on any atom is 0.322 e. The van der Waals surface area contributed by atoms with Gasteiger partial charge < -0.3 is 24.1 Å². The summed E-state index contributed by atoms with van der Waals surface area (Å²) < 4.78 is 21.8. The molecule has 35 heavy (non-hydrogen) atoms. The highest BCUT2D eigenvalue weighted by atomic mass is 16.5. The molecular weight excluding hydrogens is 448 g/mol. The fourth-order valence-electron chi connectivity index (χ4n) is 4.12. The summed E-state index contributed by atoms with van der Waals surface area (Å²) in [6.45, 7) is 6.61. The quantitative estimate of drug-likeness (QED) is 0.491. The van der Waals surface area contributed by atoms with Crippen molar-refractivity contribution < 1.29 is 23.5 Å². The van der Waals surface area contributed by atoms with Crippen LogP contribution in [-0.4, -0.2) is 48.9 Å². The first-order valence-electron chi connectivity index (χ1n) is 11.4. The monoisotopic (exact) mass is 478 g/mol. The predicted octanol–water partition coefficient (Wildman–Crippen LogP) is 4.92. The molecule has 1 aliphatic rings. The Bertz CT molecular complexity index is 1230. The van der Waals surface area contributed by atoms with Crippen molar-refractivity contribution in [3.8, 4) is 28.6 Å². The minimum atomic E-state index is -0.462. The molecule has 0 saturated carbocycles. The number of aromatic nitrogens is 2. The number of amides is 2. The van der Waals surface area contributed by atoms with Gasteiger partial charge in [0.05, 0.1) is 32.9 Å². The number of nitrogens with zero attached hydrogens (tertiary/aromatic N) is 3. The van der Waals surface area contributed by atoms with Crippen molar-refractivity contribution in [2.24, 2.45) is 5.92 Å². The smallest absolute Gasteiger partial charge is 0.322 e. The van der Waals surface area contributed by atoms with Crippen LogP contribution < -0.4 is 19.5 Å². The van der Waals surface area contributed by atoms with Crippen LogP contribution in [-0.2, 0) is 0 Å². The Balaban J connectivity index is 1.79. The van der Waals surface area contributed by atoms with E-state index >= 15 is 0 Å². The topological polar surface area (TPSA) is 99.0 Å². The Hall–Kier alpha value is -4.01. The second kappa shape index (κ2) is 10.1. The van der Waals surface area contributed by atoms with Crippen molar-refractivity contribution in [3.63, 3.8) is 0 Å². The molecule has 0 aliphatic carbocycles. The molecule has 4 rings (SSSR count). The summed E-state index contributed by atoms with van der Waals surface area (Å²) in [4.78, 5) is 19.5. The van der Waals surface area contributed by atoms with Gasteiger partial charge in [-0.3, -0.25) is 4.90 Å². The van der Waals surface area contributed by atoms with Crippen molar-refractivity contribution in [2.45, 2.75) is 26.8 Å². The summed E-state index contributed by atoms with van der Waals surface area (Å²) >= 11 is 0. The third-order valence-electron chi connectivity index (χ3n) is 5.89. The van der Waals surface area contributed by atoms with Crippen LogP contribution in [0.25, 0.3) is 17.0 Å². The van der Waals surface area contributed by atoms with Crippen LogP contribution in [0.5, 0.6) is 17.2 Å². The van der Waals surface area contributed by atoms with Gasteiger partial charge in [0.25, 0.3) is 5.89 Å². The molecule has 1 atom stereocenters. The zero-order valence-corrected chi connectivity index (χ0v) is 20.8. The predicted molar refractivity (Wildman–Crippen MR) is 131 cm³/mol. The van der Waals surface area contributed by atoms with Crippen molar-refractivity contribution in [2.75, 3.05) is 27.9 Å². The number of hydrogen-bond donors (Lipinski definition) is 1. The van der Waals surface area contributed by atoms with Crippen molar-refractivity contribution in [1.29, 1.82) is 0 Å². The Labute approximate surface area is 204 Å². The number of methoxy groups -OCH3 is 3. The first kappa shape index (κ1) is 24.1. The van der Waals surface area contributed by atoms with Gasteiger partial charge in [-0.05, 0) is 48.7 Å². The summed E-state index contributed by atoms with van der Waals surface area (Å²) in [7, 11) is 4.77. The number of rotatable bonds is 8. The first-order valence-corrected chi connectivity index (χ1v) is 11.4. The molecule has 1 unspecified atom stereocenters. The number of hydrogen-bond acceptors (Lipinski definition) is 7. The maximum absolute atomic E-state index is 13.0. The Morgan fingerprint density at radius 2 is 1.74 bits per heavy atom. The Kier molecular flexibility index (Phi) is 6.95. The largest absolute Gasteiger partial charge is 0.497 e. The van der Waals surface area contributed by atoms with Gasteiger partial charge in [-0.25, -0.2) is 4.79 Å². The number of allylic oxidation sites excluding steroid dienone is 1. The van der Waals surface area contributed by atoms with Crippen LogP contribution in [0.3, 0.4) is 0 Å². The molecule has 0 bridgehead atoms. The van der Waals surface area contributed by atoms with E-state index in [-0.39, 0.29) is 11.9 Å². The number of carbonyl (C=O) groups is 1. The van der Waals surface area contributed by atoms with E-state index in [0.29, 0.717) is 29.8 Å². The third-order valence-corrected chi connectivity index (χ3v) is 5.89. The lowest BCUT2D eigenvalue weighted by molar-refractivity contribution is 0.199. The summed E-state index contributed by atoms with van der Waals surface area (Å²) in [5, 5.41) is 7.33. The average Bonchev–Trinajstić information content (AvgIpc) is 3.35. The molecule has 2 amide bonds. The molecule has 0 fully saturated rings. The molecule has 1 aliphatic heterocycles. The molecule has 1 aromatic heterocycles. The summed E-state index contributed by atoms with van der Waals surface area (Å²) in [5.74, 6) is 2.92. The first-order chi connectivity index (χ1) is 16.9. The number of benzene rings is 2. The Morgan fingerprint density at radius 1 is 1.03 bits per heavy atom. The molecule has 9 nitrogen and oxygen atoms in total. The molecule has 184 valence electrons. The molecule has 2 heterocycles. The van der Waals surface area contributed by atoms with Crippen molar-refractivity contribution in [3.05, 3.63) is 59.6 Å². The van der Waals surface area contributed by atoms with Crippen LogP contribution in [0.15, 0.2) is 52.7 Å². The molecule has 1 N–H and O–H groups in total. The van der Waals surface area contributed by atoms with E-state index < -0.39 is 6.04 Å². The van der Waals surface area contributed by atoms with Gasteiger partial charge >= 0.3 is 6.03 Å². The minimum Gasteiger partial charge on any atom is -0.497 e. The van der Waals surface area contributed by atoms with Gasteiger partial charge in [0.15, 0.2) is 11.5 Å². The van der Waals surface area contributed by atoms with Gasteiger partial charge in [-0.1, -0.05) is 31.1 Å². The van der Waals surface area contributed by atoms with Gasteiger partial charge in [0.1, 0.15) is 5.75 Å². The van der Waals surface area contributed by atoms with Crippen LogP contribution in [0.2, 0.25) is 0 Å². The maximum atomic E-state index is 13.0. The SMILES string of the molecule is COc1ccc(C2NC(=O)N(CC(C)C)C(C)=C2c2nc(-c3ccc(OC)c(OC)c3)no2)cc1. The lowest BCUT2D eigenvalue weighted by Gasteiger charge is -2.36. The molecule has 2 aromatic carbocycles. The van der Waals surface area contributed by atoms with Crippen molar-refractivity contribution >= 4 is 11.6 Å². The van der Waals surface area contributed by atoms with Crippen LogP contribution in [0, 0.1) is 5.92 Å². The summed E-state index contributed by atoms with van der Waals surface area (Å²) in [5.41, 5.74) is 3.11. The summed E-state index contributed by atoms with van der Waals surface area (Å²) in [6.07, 6.45) is 0. The minimum absolute atomic E-state index is 0.166. The standard InChI is InChI=1S/C26H30N4O5/c1-15(2)14-30-16(3)22(23(27-26(30)31)17-7-10-19(32-4)11-8-17)25-28-24(29-35-25)18-9-12-20(33-5)21(13-18)34-6/h7-13,15,23H,14H2,1-6H3,(H,27,31). The number of urea groups is 1. The van der Waals surface area contributed by atoms with E-state index in [9.17, 15) is 4.79 Å². The molecule has 3 aromatic rings. The second-order valence-electron chi connectivity index (χ2n) is 8.65. The molecule has 0 saturated heterocycles. The van der Waals surface area contributed by atoms with E-state index in [1.807, 2.05) is 37.3 Å². The highest BCUT2D eigenvalue weighted by Crippen LogP contribution is 2.38. The van der Waals surface area contributed by atoms with E-state index in [4.69, 9.17) is 23.7 Å². The fraction of sp³-hybridized carbons (Fsp3) is 0.346. The third kappa shape index (κ3) is 4.80. The Morgan fingerprint density at radius 3 is 2.37 bits per heavy atom. The van der Waals surface area contributed by atoms with E-state index in [2.05, 4.69) is 24.3 Å². The van der Waals surface area contributed by atoms with Gasteiger partial charge in [-0.15, -0.1) is 0 Å². The van der Waals surface area contributed by atoms with Crippen LogP contribution in [0.1, 0.15) is 38.3 Å². The van der Waals surface area contributed by atoms with E-state index in [1.165, 1.54) is 0 Å². The zero-order valence-electron chi connectivity index (χ0n) is 20.8. The lowest BCUT2D eigenvalue weighted by Crippen LogP contribution is -2.47. The zero-order chi connectivity index (χ0) is 25.1. The normalized spacial score (nSPS) is 15.9. The lowest BCUT2D eigenvalue weighted by atomic mass is 9.94. The number of carbonyl (C=O) groups excluding carboxylic acids is 1. The molecule has 9 heteroatoms. The van der Waals surface area contributed by atoms with E-state index in [0.717, 1.165) is 28.1 Å². The molecule has 0 radical (unpaired) electrons. The van der Waals surface area contributed by atoms with Gasteiger partial charge in [-0.2, -0.15) is 4.98 Å². The highest BCUT2D eigenvalue weighted by Gasteiger charge is 2.36.